The summed E-state index contributed by atoms with van der Waals surface area (Å²) in [5.41, 5.74) is 8.78. The fraction of sp³-hybridized carbons (Fsp3) is 0.364. The Morgan fingerprint density at radius 1 is 1.43 bits per heavy atom. The van der Waals surface area contributed by atoms with E-state index in [9.17, 15) is 4.79 Å². The first kappa shape index (κ1) is 10.7. The fourth-order valence-electron chi connectivity index (χ4n) is 1.27. The van der Waals surface area contributed by atoms with Gasteiger partial charge in [-0.05, 0) is 37.0 Å². The molecule has 0 fully saturated rings. The number of carboxylic acid groups (broad SMARTS) is 1. The van der Waals surface area contributed by atoms with Gasteiger partial charge in [0.2, 0.25) is 0 Å². The van der Waals surface area contributed by atoms with Gasteiger partial charge in [0.15, 0.2) is 0 Å². The lowest BCUT2D eigenvalue weighted by molar-refractivity contribution is -0.138. The molecule has 14 heavy (non-hydrogen) atoms. The SMILES string of the molecule is Cc1ccc(C[C@@H](N)C(=O)O)cc1C. The van der Waals surface area contributed by atoms with Crippen LogP contribution in [0.1, 0.15) is 16.7 Å². The van der Waals surface area contributed by atoms with Gasteiger partial charge in [0.1, 0.15) is 6.04 Å². The standard InChI is InChI=1S/C11H15NO2/c1-7-3-4-9(5-8(7)2)6-10(12)11(13)14/h3-5,10H,6,12H2,1-2H3,(H,13,14)/t10-/m1/s1. The van der Waals surface area contributed by atoms with Gasteiger partial charge in [0, 0.05) is 0 Å². The van der Waals surface area contributed by atoms with E-state index in [0.717, 1.165) is 5.56 Å². The van der Waals surface area contributed by atoms with Crippen LogP contribution in [0.25, 0.3) is 0 Å². The smallest absolute Gasteiger partial charge is 0.320 e. The molecule has 3 N–H and O–H groups in total. The summed E-state index contributed by atoms with van der Waals surface area (Å²) in [4.78, 5) is 10.5. The molecule has 3 heteroatoms. The van der Waals surface area contributed by atoms with Crippen molar-refractivity contribution in [2.24, 2.45) is 5.73 Å². The highest BCUT2D eigenvalue weighted by Gasteiger charge is 2.11. The number of hydrogen-bond acceptors (Lipinski definition) is 2. The van der Waals surface area contributed by atoms with E-state index in [0.29, 0.717) is 6.42 Å². The zero-order valence-corrected chi connectivity index (χ0v) is 8.45. The minimum Gasteiger partial charge on any atom is -0.480 e. The third kappa shape index (κ3) is 2.57. The molecule has 0 aromatic heterocycles. The molecule has 76 valence electrons. The first-order valence-corrected chi connectivity index (χ1v) is 4.55. The van der Waals surface area contributed by atoms with Crippen molar-refractivity contribution in [2.75, 3.05) is 0 Å². The van der Waals surface area contributed by atoms with Crippen molar-refractivity contribution in [3.63, 3.8) is 0 Å². The second-order valence-corrected chi connectivity index (χ2v) is 3.57. The third-order valence-electron chi connectivity index (χ3n) is 2.34. The van der Waals surface area contributed by atoms with Crippen molar-refractivity contribution in [3.05, 3.63) is 34.9 Å². The Bertz CT molecular complexity index is 347. The van der Waals surface area contributed by atoms with Gasteiger partial charge < -0.3 is 10.8 Å². The average Bonchev–Trinajstić information content (AvgIpc) is 2.11. The first-order chi connectivity index (χ1) is 6.50. The summed E-state index contributed by atoms with van der Waals surface area (Å²) in [7, 11) is 0. The quantitative estimate of drug-likeness (QED) is 0.759. The molecule has 1 aromatic carbocycles. The van der Waals surface area contributed by atoms with Crippen molar-refractivity contribution in [1.82, 2.24) is 0 Å². The number of nitrogens with two attached hydrogens (primary N) is 1. The van der Waals surface area contributed by atoms with Crippen LogP contribution >= 0.6 is 0 Å². The molecule has 0 unspecified atom stereocenters. The van der Waals surface area contributed by atoms with Crippen LogP contribution in [-0.2, 0) is 11.2 Å². The minimum absolute atomic E-state index is 0.385. The third-order valence-corrected chi connectivity index (χ3v) is 2.34. The van der Waals surface area contributed by atoms with E-state index < -0.39 is 12.0 Å². The van der Waals surface area contributed by atoms with E-state index in [1.54, 1.807) is 0 Å². The number of benzene rings is 1. The molecular weight excluding hydrogens is 178 g/mol. The van der Waals surface area contributed by atoms with E-state index in [-0.39, 0.29) is 0 Å². The highest BCUT2D eigenvalue weighted by atomic mass is 16.4. The molecule has 0 radical (unpaired) electrons. The van der Waals surface area contributed by atoms with E-state index in [1.807, 2.05) is 32.0 Å². The van der Waals surface area contributed by atoms with Crippen molar-refractivity contribution in [1.29, 1.82) is 0 Å². The maximum atomic E-state index is 10.5. The molecule has 0 aliphatic carbocycles. The highest BCUT2D eigenvalue weighted by molar-refractivity contribution is 5.73. The molecule has 3 nitrogen and oxygen atoms in total. The summed E-state index contributed by atoms with van der Waals surface area (Å²) < 4.78 is 0. The van der Waals surface area contributed by atoms with Gasteiger partial charge in [-0.15, -0.1) is 0 Å². The maximum absolute atomic E-state index is 10.5. The molecule has 1 aromatic rings. The van der Waals surface area contributed by atoms with Crippen LogP contribution in [0.2, 0.25) is 0 Å². The van der Waals surface area contributed by atoms with Crippen LogP contribution in [0.3, 0.4) is 0 Å². The van der Waals surface area contributed by atoms with Crippen LogP contribution in [0.5, 0.6) is 0 Å². The highest BCUT2D eigenvalue weighted by Crippen LogP contribution is 2.11. The Balaban J connectivity index is 2.78. The lowest BCUT2D eigenvalue weighted by atomic mass is 10.0. The summed E-state index contributed by atoms with van der Waals surface area (Å²) in [6.45, 7) is 4.03. The summed E-state index contributed by atoms with van der Waals surface area (Å²) >= 11 is 0. The van der Waals surface area contributed by atoms with Crippen LogP contribution < -0.4 is 5.73 Å². The normalized spacial score (nSPS) is 12.5. The molecule has 0 saturated carbocycles. The monoisotopic (exact) mass is 193 g/mol. The number of aliphatic carboxylic acids is 1. The van der Waals surface area contributed by atoms with Gasteiger partial charge in [-0.2, -0.15) is 0 Å². The Morgan fingerprint density at radius 2 is 2.07 bits per heavy atom. The summed E-state index contributed by atoms with van der Waals surface area (Å²) in [6, 6.07) is 5.08. The predicted molar refractivity (Wildman–Crippen MR) is 55.2 cm³/mol. The van der Waals surface area contributed by atoms with Gasteiger partial charge in [0.05, 0.1) is 0 Å². The van der Waals surface area contributed by atoms with Crippen molar-refractivity contribution in [2.45, 2.75) is 26.3 Å². The number of carboxylic acids is 1. The maximum Gasteiger partial charge on any atom is 0.320 e. The topological polar surface area (TPSA) is 63.3 Å². The molecular formula is C11H15NO2. The van der Waals surface area contributed by atoms with Crippen molar-refractivity contribution >= 4 is 5.97 Å². The largest absolute Gasteiger partial charge is 0.480 e. The average molecular weight is 193 g/mol. The van der Waals surface area contributed by atoms with Crippen molar-refractivity contribution in [3.8, 4) is 0 Å². The second-order valence-electron chi connectivity index (χ2n) is 3.57. The fourth-order valence-corrected chi connectivity index (χ4v) is 1.27. The molecule has 0 heterocycles. The lowest BCUT2D eigenvalue weighted by Crippen LogP contribution is -2.32. The van der Waals surface area contributed by atoms with Crippen LogP contribution in [0.4, 0.5) is 0 Å². The van der Waals surface area contributed by atoms with E-state index in [2.05, 4.69) is 0 Å². The molecule has 0 amide bonds. The van der Waals surface area contributed by atoms with E-state index in [4.69, 9.17) is 10.8 Å². The van der Waals surface area contributed by atoms with Crippen LogP contribution in [-0.4, -0.2) is 17.1 Å². The van der Waals surface area contributed by atoms with Gasteiger partial charge in [-0.25, -0.2) is 0 Å². The Labute approximate surface area is 83.6 Å². The summed E-state index contributed by atoms with van der Waals surface area (Å²) in [6.07, 6.45) is 0.385. The van der Waals surface area contributed by atoms with Gasteiger partial charge in [0.25, 0.3) is 0 Å². The molecule has 0 saturated heterocycles. The zero-order valence-electron chi connectivity index (χ0n) is 8.45. The molecule has 0 bridgehead atoms. The van der Waals surface area contributed by atoms with Gasteiger partial charge >= 0.3 is 5.97 Å². The molecule has 0 aliphatic heterocycles. The Hall–Kier alpha value is -1.35. The number of hydrogen-bond donors (Lipinski definition) is 2. The van der Waals surface area contributed by atoms with Crippen LogP contribution in [0.15, 0.2) is 18.2 Å². The number of carbonyl (C=O) groups is 1. The lowest BCUT2D eigenvalue weighted by Gasteiger charge is -2.08. The van der Waals surface area contributed by atoms with Crippen LogP contribution in [0, 0.1) is 13.8 Å². The van der Waals surface area contributed by atoms with E-state index in [1.165, 1.54) is 11.1 Å². The molecule has 0 spiro atoms. The Morgan fingerprint density at radius 3 is 2.57 bits per heavy atom. The first-order valence-electron chi connectivity index (χ1n) is 4.55. The number of aryl methyl sites for hydroxylation is 2. The van der Waals surface area contributed by atoms with Gasteiger partial charge in [-0.1, -0.05) is 18.2 Å². The second kappa shape index (κ2) is 4.24. The molecule has 0 aliphatic rings. The van der Waals surface area contributed by atoms with Crippen molar-refractivity contribution < 1.29 is 9.90 Å². The molecule has 1 rings (SSSR count). The Kier molecular flexibility index (Phi) is 3.25. The summed E-state index contributed by atoms with van der Waals surface area (Å²) in [5, 5.41) is 8.64. The van der Waals surface area contributed by atoms with Gasteiger partial charge in [-0.3, -0.25) is 4.79 Å². The predicted octanol–water partition coefficient (Wildman–Crippen LogP) is 1.26. The molecule has 1 atom stereocenters. The summed E-state index contributed by atoms with van der Waals surface area (Å²) in [5.74, 6) is -0.955. The zero-order chi connectivity index (χ0) is 10.7. The number of rotatable bonds is 3. The van der Waals surface area contributed by atoms with E-state index >= 15 is 0 Å². The minimum atomic E-state index is -0.955.